The monoisotopic (exact) mass is 261 g/mol. The van der Waals surface area contributed by atoms with Crippen LogP contribution in [0.5, 0.6) is 0 Å². The molecule has 0 saturated heterocycles. The van der Waals surface area contributed by atoms with Crippen molar-refractivity contribution in [2.24, 2.45) is 0 Å². The molecule has 6 heteroatoms. The van der Waals surface area contributed by atoms with Gasteiger partial charge in [0.25, 0.3) is 0 Å². The normalized spacial score (nSPS) is 13.4. The zero-order chi connectivity index (χ0) is 13.8. The molecule has 18 heavy (non-hydrogen) atoms. The molecular weight excluding hydrogens is 243 g/mol. The maximum Gasteiger partial charge on any atom is 0.405 e. The zero-order valence-corrected chi connectivity index (χ0v) is 10.8. The van der Waals surface area contributed by atoms with Gasteiger partial charge in [-0.05, 0) is 33.0 Å². The first-order valence-electron chi connectivity index (χ1n) is 5.82. The Labute approximate surface area is 105 Å². The van der Waals surface area contributed by atoms with E-state index in [1.54, 1.807) is 19.1 Å². The van der Waals surface area contributed by atoms with Gasteiger partial charge in [-0.15, -0.1) is 0 Å². The fourth-order valence-corrected chi connectivity index (χ4v) is 1.59. The first kappa shape index (κ1) is 14.8. The predicted octanol–water partition coefficient (Wildman–Crippen LogP) is 2.75. The zero-order valence-electron chi connectivity index (χ0n) is 10.8. The number of rotatable bonds is 5. The molecule has 1 unspecified atom stereocenters. The van der Waals surface area contributed by atoms with Crippen LogP contribution in [0.25, 0.3) is 0 Å². The Balaban J connectivity index is 2.82. The van der Waals surface area contributed by atoms with Gasteiger partial charge in [-0.2, -0.15) is 13.2 Å². The Bertz CT molecular complexity index is 362. The lowest BCUT2D eigenvalue weighted by atomic mass is 10.2. The molecule has 0 aliphatic carbocycles. The van der Waals surface area contributed by atoms with Crippen molar-refractivity contribution in [2.45, 2.75) is 26.1 Å². The van der Waals surface area contributed by atoms with Crippen LogP contribution in [0.2, 0.25) is 0 Å². The van der Waals surface area contributed by atoms with Crippen molar-refractivity contribution in [3.8, 4) is 0 Å². The van der Waals surface area contributed by atoms with Gasteiger partial charge in [0.2, 0.25) is 0 Å². The number of alkyl halides is 3. The van der Waals surface area contributed by atoms with Gasteiger partial charge in [-0.1, -0.05) is 0 Å². The molecule has 1 N–H and O–H groups in total. The number of aromatic nitrogens is 1. The fourth-order valence-electron chi connectivity index (χ4n) is 1.59. The Morgan fingerprint density at radius 1 is 1.39 bits per heavy atom. The van der Waals surface area contributed by atoms with Crippen molar-refractivity contribution in [1.29, 1.82) is 0 Å². The van der Waals surface area contributed by atoms with E-state index in [0.29, 0.717) is 12.2 Å². The van der Waals surface area contributed by atoms with E-state index < -0.39 is 12.7 Å². The number of pyridine rings is 1. The van der Waals surface area contributed by atoms with Crippen LogP contribution in [0.3, 0.4) is 0 Å². The van der Waals surface area contributed by atoms with Gasteiger partial charge in [0.05, 0.1) is 17.6 Å². The van der Waals surface area contributed by atoms with Crippen LogP contribution < -0.4 is 10.2 Å². The van der Waals surface area contributed by atoms with Crippen molar-refractivity contribution >= 4 is 5.69 Å². The fraction of sp³-hybridized carbons (Fsp3) is 0.583. The predicted molar refractivity (Wildman–Crippen MR) is 65.7 cm³/mol. The van der Waals surface area contributed by atoms with Gasteiger partial charge in [0.15, 0.2) is 0 Å². The number of halogens is 3. The number of nitrogens with one attached hydrogen (secondary N) is 1. The SMILES string of the molecule is CCN(CC(F)(F)F)c1ccc(C(C)NC)nc1. The van der Waals surface area contributed by atoms with Gasteiger partial charge < -0.3 is 10.2 Å². The summed E-state index contributed by atoms with van der Waals surface area (Å²) in [6, 6.07) is 3.50. The van der Waals surface area contributed by atoms with Crippen LogP contribution in [0.15, 0.2) is 18.3 Å². The Hall–Kier alpha value is -1.30. The molecule has 0 bridgehead atoms. The van der Waals surface area contributed by atoms with E-state index >= 15 is 0 Å². The Kier molecular flexibility index (Phi) is 4.95. The van der Waals surface area contributed by atoms with E-state index in [-0.39, 0.29) is 6.04 Å². The third kappa shape index (κ3) is 4.18. The summed E-state index contributed by atoms with van der Waals surface area (Å²) >= 11 is 0. The van der Waals surface area contributed by atoms with Crippen LogP contribution in [0, 0.1) is 0 Å². The standard InChI is InChI=1S/C12H18F3N3/c1-4-18(8-12(13,14)15)10-5-6-11(17-7-10)9(2)16-3/h5-7,9,16H,4,8H2,1-3H3. The van der Waals surface area contributed by atoms with Gasteiger partial charge in [-0.25, -0.2) is 0 Å². The van der Waals surface area contributed by atoms with Crippen molar-refractivity contribution in [3.05, 3.63) is 24.0 Å². The highest BCUT2D eigenvalue weighted by Crippen LogP contribution is 2.22. The van der Waals surface area contributed by atoms with Gasteiger partial charge in [0.1, 0.15) is 6.54 Å². The number of anilines is 1. The highest BCUT2D eigenvalue weighted by Gasteiger charge is 2.30. The molecule has 0 fully saturated rings. The third-order valence-corrected chi connectivity index (χ3v) is 2.76. The number of hydrogen-bond donors (Lipinski definition) is 1. The summed E-state index contributed by atoms with van der Waals surface area (Å²) in [6.07, 6.45) is -2.72. The lowest BCUT2D eigenvalue weighted by Gasteiger charge is -2.24. The van der Waals surface area contributed by atoms with Gasteiger partial charge in [-0.3, -0.25) is 4.98 Å². The summed E-state index contributed by atoms with van der Waals surface area (Å²) in [7, 11) is 1.81. The molecular formula is C12H18F3N3. The van der Waals surface area contributed by atoms with E-state index in [4.69, 9.17) is 0 Å². The minimum Gasteiger partial charge on any atom is -0.362 e. The van der Waals surface area contributed by atoms with Crippen LogP contribution in [0.1, 0.15) is 25.6 Å². The second-order valence-electron chi connectivity index (χ2n) is 4.08. The van der Waals surface area contributed by atoms with Gasteiger partial charge in [0, 0.05) is 12.6 Å². The topological polar surface area (TPSA) is 28.2 Å². The molecule has 0 spiro atoms. The lowest BCUT2D eigenvalue weighted by molar-refractivity contribution is -0.119. The highest BCUT2D eigenvalue weighted by atomic mass is 19.4. The van der Waals surface area contributed by atoms with Gasteiger partial charge >= 0.3 is 6.18 Å². The molecule has 102 valence electrons. The van der Waals surface area contributed by atoms with Crippen molar-refractivity contribution < 1.29 is 13.2 Å². The third-order valence-electron chi connectivity index (χ3n) is 2.76. The smallest absolute Gasteiger partial charge is 0.362 e. The summed E-state index contributed by atoms with van der Waals surface area (Å²) in [5.74, 6) is 0. The summed E-state index contributed by atoms with van der Waals surface area (Å²) in [5, 5.41) is 3.03. The maximum atomic E-state index is 12.4. The molecule has 0 amide bonds. The largest absolute Gasteiger partial charge is 0.405 e. The molecule has 0 saturated carbocycles. The first-order valence-corrected chi connectivity index (χ1v) is 5.82. The van der Waals surface area contributed by atoms with E-state index in [1.165, 1.54) is 11.1 Å². The van der Waals surface area contributed by atoms with Crippen LogP contribution in [0.4, 0.5) is 18.9 Å². The molecule has 0 aliphatic rings. The van der Waals surface area contributed by atoms with Crippen molar-refractivity contribution in [2.75, 3.05) is 25.0 Å². The van der Waals surface area contributed by atoms with Crippen LogP contribution >= 0.6 is 0 Å². The van der Waals surface area contributed by atoms with E-state index in [9.17, 15) is 13.2 Å². The van der Waals surface area contributed by atoms with E-state index in [0.717, 1.165) is 5.69 Å². The molecule has 0 radical (unpaired) electrons. The first-order chi connectivity index (χ1) is 8.37. The van der Waals surface area contributed by atoms with E-state index in [1.807, 2.05) is 14.0 Å². The lowest BCUT2D eigenvalue weighted by Crippen LogP contribution is -2.34. The molecule has 1 rings (SSSR count). The van der Waals surface area contributed by atoms with Crippen molar-refractivity contribution in [3.63, 3.8) is 0 Å². The summed E-state index contributed by atoms with van der Waals surface area (Å²) in [4.78, 5) is 5.43. The Morgan fingerprint density at radius 2 is 2.06 bits per heavy atom. The second-order valence-corrected chi connectivity index (χ2v) is 4.08. The second kappa shape index (κ2) is 6.04. The van der Waals surface area contributed by atoms with Crippen molar-refractivity contribution in [1.82, 2.24) is 10.3 Å². The Morgan fingerprint density at radius 3 is 2.44 bits per heavy atom. The minimum absolute atomic E-state index is 0.0803. The minimum atomic E-state index is -4.20. The highest BCUT2D eigenvalue weighted by molar-refractivity contribution is 5.44. The summed E-state index contributed by atoms with van der Waals surface area (Å²) in [6.45, 7) is 2.97. The quantitative estimate of drug-likeness (QED) is 0.883. The molecule has 3 nitrogen and oxygen atoms in total. The number of hydrogen-bond acceptors (Lipinski definition) is 3. The van der Waals surface area contributed by atoms with E-state index in [2.05, 4.69) is 10.3 Å². The molecule has 1 heterocycles. The molecule has 0 aromatic carbocycles. The maximum absolute atomic E-state index is 12.4. The average molecular weight is 261 g/mol. The molecule has 1 aromatic heterocycles. The van der Waals surface area contributed by atoms with Crippen LogP contribution in [-0.2, 0) is 0 Å². The average Bonchev–Trinajstić information content (AvgIpc) is 2.34. The molecule has 1 aromatic rings. The summed E-state index contributed by atoms with van der Waals surface area (Å²) < 4.78 is 37.1. The van der Waals surface area contributed by atoms with Crippen LogP contribution in [-0.4, -0.2) is 31.3 Å². The number of nitrogens with zero attached hydrogens (tertiary/aromatic N) is 2. The summed E-state index contributed by atoms with van der Waals surface area (Å²) in [5.41, 5.74) is 1.30. The molecule has 0 aliphatic heterocycles. The molecule has 1 atom stereocenters.